The lowest BCUT2D eigenvalue weighted by Crippen LogP contribution is -1.92. The molecule has 0 amide bonds. The average molecular weight is 239 g/mol. The van der Waals surface area contributed by atoms with E-state index in [2.05, 4.69) is 13.2 Å². The average Bonchev–Trinajstić information content (AvgIpc) is 2.30. The Bertz CT molecular complexity index is 345. The molecule has 0 spiro atoms. The van der Waals surface area contributed by atoms with Crippen molar-refractivity contribution in [3.63, 3.8) is 0 Å². The molecule has 0 fully saturated rings. The monoisotopic (exact) mass is 238 g/mol. The number of carboxylic acid groups (broad SMARTS) is 1. The minimum absolute atomic E-state index is 0.0544. The summed E-state index contributed by atoms with van der Waals surface area (Å²) in [7, 11) is 0. The van der Waals surface area contributed by atoms with Crippen LogP contribution in [0, 0.1) is 0 Å². The molecule has 0 aliphatic carbocycles. The zero-order valence-electron chi connectivity index (χ0n) is 9.19. The third-order valence-electron chi connectivity index (χ3n) is 1.69. The van der Waals surface area contributed by atoms with Crippen LogP contribution in [0.2, 0.25) is 0 Å². The van der Waals surface area contributed by atoms with E-state index < -0.39 is 5.97 Å². The van der Waals surface area contributed by atoms with Gasteiger partial charge in [0.15, 0.2) is 0 Å². The molecule has 2 nitrogen and oxygen atoms in total. The van der Waals surface area contributed by atoms with Crippen molar-refractivity contribution >= 4 is 17.6 Å². The number of hydrogen-bond donors (Lipinski definition) is 1. The lowest BCUT2D eigenvalue weighted by molar-refractivity contribution is -0.132. The van der Waals surface area contributed by atoms with Crippen molar-refractivity contribution in [1.82, 2.24) is 0 Å². The van der Waals surface area contributed by atoms with Crippen molar-refractivity contribution in [2.75, 3.05) is 0 Å². The van der Waals surface area contributed by atoms with Gasteiger partial charge in [0.25, 0.3) is 0 Å². The van der Waals surface area contributed by atoms with Crippen LogP contribution in [0.5, 0.6) is 0 Å². The van der Waals surface area contributed by atoms with Crippen molar-refractivity contribution < 1.29 is 9.90 Å². The first-order chi connectivity index (χ1) is 7.49. The van der Waals surface area contributed by atoms with Gasteiger partial charge in [0.05, 0.1) is 5.38 Å². The second-order valence-corrected chi connectivity index (χ2v) is 3.60. The van der Waals surface area contributed by atoms with E-state index in [4.69, 9.17) is 16.7 Å². The van der Waals surface area contributed by atoms with Gasteiger partial charge < -0.3 is 5.11 Å². The molecule has 1 N–H and O–H groups in total. The van der Waals surface area contributed by atoms with Crippen LogP contribution in [0.1, 0.15) is 17.9 Å². The second kappa shape index (κ2) is 7.71. The fourth-order valence-corrected chi connectivity index (χ4v) is 0.918. The molecule has 0 saturated heterocycles. The minimum atomic E-state index is -0.935. The van der Waals surface area contributed by atoms with Gasteiger partial charge in [0, 0.05) is 5.57 Å². The molecule has 1 unspecified atom stereocenters. The van der Waals surface area contributed by atoms with Gasteiger partial charge in [-0.3, -0.25) is 0 Å². The predicted molar refractivity (Wildman–Crippen MR) is 67.7 cm³/mol. The summed E-state index contributed by atoms with van der Waals surface area (Å²) in [5.74, 6) is -0.935. The van der Waals surface area contributed by atoms with Crippen molar-refractivity contribution in [2.45, 2.75) is 12.3 Å². The van der Waals surface area contributed by atoms with E-state index in [0.717, 1.165) is 5.56 Å². The van der Waals surface area contributed by atoms with Crippen LogP contribution in [0.25, 0.3) is 0 Å². The zero-order valence-corrected chi connectivity index (χ0v) is 9.95. The number of rotatable bonds is 3. The first-order valence-corrected chi connectivity index (χ1v) is 5.13. The van der Waals surface area contributed by atoms with E-state index >= 15 is 0 Å². The normalized spacial score (nSPS) is 10.6. The Kier molecular flexibility index (Phi) is 6.97. The standard InChI is InChI=1S/C9H9Cl.C4H6O2/c1-2-9(10)8-6-4-3-5-7-8;1-3(2)4(5)6/h2-7,9H,1H2;1H2,2H3,(H,5,6). The van der Waals surface area contributed by atoms with E-state index in [9.17, 15) is 4.79 Å². The minimum Gasteiger partial charge on any atom is -0.478 e. The summed E-state index contributed by atoms with van der Waals surface area (Å²) in [5, 5.41) is 7.84. The fraction of sp³-hybridized carbons (Fsp3) is 0.154. The van der Waals surface area contributed by atoms with E-state index in [1.165, 1.54) is 6.92 Å². The molecule has 0 aliphatic rings. The van der Waals surface area contributed by atoms with Gasteiger partial charge in [-0.1, -0.05) is 43.0 Å². The first kappa shape index (κ1) is 14.5. The number of carboxylic acids is 1. The molecule has 1 rings (SSSR count). The Morgan fingerprint density at radius 1 is 1.44 bits per heavy atom. The van der Waals surface area contributed by atoms with Gasteiger partial charge in [-0.15, -0.1) is 18.2 Å². The molecular weight excluding hydrogens is 224 g/mol. The van der Waals surface area contributed by atoms with E-state index in [1.54, 1.807) is 6.08 Å². The van der Waals surface area contributed by atoms with E-state index in [1.807, 2.05) is 30.3 Å². The summed E-state index contributed by atoms with van der Waals surface area (Å²) >= 11 is 5.87. The smallest absolute Gasteiger partial charge is 0.330 e. The Morgan fingerprint density at radius 3 is 2.19 bits per heavy atom. The lowest BCUT2D eigenvalue weighted by atomic mass is 10.1. The number of carbonyl (C=O) groups is 1. The Morgan fingerprint density at radius 2 is 1.88 bits per heavy atom. The maximum absolute atomic E-state index is 9.60. The van der Waals surface area contributed by atoms with Gasteiger partial charge in [-0.05, 0) is 12.5 Å². The molecular formula is C13H15ClO2. The highest BCUT2D eigenvalue weighted by molar-refractivity contribution is 6.21. The van der Waals surface area contributed by atoms with Crippen LogP contribution in [0.4, 0.5) is 0 Å². The highest BCUT2D eigenvalue weighted by Gasteiger charge is 1.98. The molecule has 3 heteroatoms. The third-order valence-corrected chi connectivity index (χ3v) is 2.12. The molecule has 0 aromatic heterocycles. The van der Waals surface area contributed by atoms with E-state index in [0.29, 0.717) is 0 Å². The van der Waals surface area contributed by atoms with Crippen molar-refractivity contribution in [1.29, 1.82) is 0 Å². The number of hydrogen-bond acceptors (Lipinski definition) is 1. The molecule has 0 aliphatic heterocycles. The van der Waals surface area contributed by atoms with Gasteiger partial charge >= 0.3 is 5.97 Å². The van der Waals surface area contributed by atoms with Crippen LogP contribution in [-0.4, -0.2) is 11.1 Å². The van der Waals surface area contributed by atoms with Crippen molar-refractivity contribution in [3.8, 4) is 0 Å². The van der Waals surface area contributed by atoms with Crippen molar-refractivity contribution in [2.24, 2.45) is 0 Å². The Balaban J connectivity index is 0.000000325. The molecule has 0 radical (unpaired) electrons. The number of alkyl halides is 1. The summed E-state index contributed by atoms with van der Waals surface area (Å²) in [5.41, 5.74) is 1.27. The maximum atomic E-state index is 9.60. The summed E-state index contributed by atoms with van der Waals surface area (Å²) in [6.07, 6.45) is 1.72. The molecule has 1 aromatic rings. The van der Waals surface area contributed by atoms with Gasteiger partial charge in [-0.25, -0.2) is 4.79 Å². The summed E-state index contributed by atoms with van der Waals surface area (Å²) < 4.78 is 0. The predicted octanol–water partition coefficient (Wildman–Crippen LogP) is 3.80. The summed E-state index contributed by atoms with van der Waals surface area (Å²) in [4.78, 5) is 9.60. The molecule has 1 aromatic carbocycles. The molecule has 0 saturated carbocycles. The van der Waals surface area contributed by atoms with Crippen molar-refractivity contribution in [3.05, 3.63) is 60.7 Å². The molecule has 86 valence electrons. The van der Waals surface area contributed by atoms with Crippen LogP contribution in [0.3, 0.4) is 0 Å². The topological polar surface area (TPSA) is 37.3 Å². The zero-order chi connectivity index (χ0) is 12.6. The first-order valence-electron chi connectivity index (χ1n) is 4.69. The van der Waals surface area contributed by atoms with Gasteiger partial charge in [0.1, 0.15) is 0 Å². The number of aliphatic carboxylic acids is 1. The van der Waals surface area contributed by atoms with Gasteiger partial charge in [-0.2, -0.15) is 0 Å². The molecule has 1 atom stereocenters. The van der Waals surface area contributed by atoms with E-state index in [-0.39, 0.29) is 11.0 Å². The quantitative estimate of drug-likeness (QED) is 0.494. The van der Waals surface area contributed by atoms with Crippen LogP contribution in [0.15, 0.2) is 55.1 Å². The lowest BCUT2D eigenvalue weighted by Gasteiger charge is -2.01. The highest BCUT2D eigenvalue weighted by atomic mass is 35.5. The van der Waals surface area contributed by atoms with Crippen LogP contribution in [-0.2, 0) is 4.79 Å². The SMILES string of the molecule is C=C(C)C(=O)O.C=CC(Cl)c1ccccc1. The highest BCUT2D eigenvalue weighted by Crippen LogP contribution is 2.19. The van der Waals surface area contributed by atoms with Crippen LogP contribution >= 0.6 is 11.6 Å². The maximum Gasteiger partial charge on any atom is 0.330 e. The van der Waals surface area contributed by atoms with Gasteiger partial charge in [0.2, 0.25) is 0 Å². The Labute approximate surface area is 101 Å². The third kappa shape index (κ3) is 6.04. The second-order valence-electron chi connectivity index (χ2n) is 3.13. The Hall–Kier alpha value is -1.54. The molecule has 16 heavy (non-hydrogen) atoms. The number of benzene rings is 1. The van der Waals surface area contributed by atoms with Crippen LogP contribution < -0.4 is 0 Å². The summed E-state index contributed by atoms with van der Waals surface area (Å²) in [6.45, 7) is 8.21. The number of allylic oxidation sites excluding steroid dienone is 1. The summed E-state index contributed by atoms with van der Waals surface area (Å²) in [6, 6.07) is 9.87. The fourth-order valence-electron chi connectivity index (χ4n) is 0.773. The molecule has 0 bridgehead atoms. The molecule has 0 heterocycles. The number of halogens is 1. The largest absolute Gasteiger partial charge is 0.478 e.